The fraction of sp³-hybridized carbons (Fsp3) is 0.286. The summed E-state index contributed by atoms with van der Waals surface area (Å²) in [5, 5.41) is 0. The molecule has 3 rings (SSSR count). The Balaban J connectivity index is 1.86. The summed E-state index contributed by atoms with van der Waals surface area (Å²) < 4.78 is 28.3. The van der Waals surface area contributed by atoms with E-state index in [4.69, 9.17) is 0 Å². The van der Waals surface area contributed by atoms with Gasteiger partial charge < -0.3 is 9.47 Å². The second-order valence-corrected chi connectivity index (χ2v) is 4.86. The molecule has 20 heavy (non-hydrogen) atoms. The van der Waals surface area contributed by atoms with Crippen molar-refractivity contribution in [2.45, 2.75) is 12.8 Å². The van der Waals surface area contributed by atoms with Gasteiger partial charge in [0.2, 0.25) is 5.91 Å². The van der Waals surface area contributed by atoms with Gasteiger partial charge in [0.1, 0.15) is 0 Å². The average molecular weight is 277 g/mol. The molecule has 0 bridgehead atoms. The summed E-state index contributed by atoms with van der Waals surface area (Å²) in [6, 6.07) is 2.26. The van der Waals surface area contributed by atoms with Crippen LogP contribution in [-0.2, 0) is 24.7 Å². The molecule has 1 aromatic heterocycles. The zero-order chi connectivity index (χ0) is 14.3. The monoisotopic (exact) mass is 277 g/mol. The van der Waals surface area contributed by atoms with Gasteiger partial charge in [-0.3, -0.25) is 4.79 Å². The minimum Gasteiger partial charge on any atom is -0.337 e. The average Bonchev–Trinajstić information content (AvgIpc) is 2.97. The first-order valence-corrected chi connectivity index (χ1v) is 6.29. The van der Waals surface area contributed by atoms with Crippen molar-refractivity contribution in [2.75, 3.05) is 11.4 Å². The van der Waals surface area contributed by atoms with E-state index >= 15 is 0 Å². The van der Waals surface area contributed by atoms with Gasteiger partial charge in [-0.15, -0.1) is 0 Å². The molecule has 1 aromatic carbocycles. The Hall–Kier alpha value is -2.24. The molecule has 0 spiro atoms. The standard InChI is InChI=1S/C14H13F2N3O/c1-18-8-17-7-10(18)5-14(20)19-3-2-9-4-11(15)12(16)6-13(9)19/h4,6-8H,2-3,5H2,1H3. The van der Waals surface area contributed by atoms with Gasteiger partial charge in [0.15, 0.2) is 11.6 Å². The highest BCUT2D eigenvalue weighted by Gasteiger charge is 2.26. The van der Waals surface area contributed by atoms with Crippen LogP contribution in [0.4, 0.5) is 14.5 Å². The Morgan fingerprint density at radius 1 is 1.35 bits per heavy atom. The van der Waals surface area contributed by atoms with E-state index < -0.39 is 11.6 Å². The summed E-state index contributed by atoms with van der Waals surface area (Å²) >= 11 is 0. The molecule has 2 aromatic rings. The van der Waals surface area contributed by atoms with Crippen LogP contribution in [-0.4, -0.2) is 22.0 Å². The van der Waals surface area contributed by atoms with Gasteiger partial charge in [-0.05, 0) is 18.1 Å². The number of hydrogen-bond acceptors (Lipinski definition) is 2. The van der Waals surface area contributed by atoms with Crippen LogP contribution in [0.15, 0.2) is 24.7 Å². The smallest absolute Gasteiger partial charge is 0.232 e. The van der Waals surface area contributed by atoms with Gasteiger partial charge in [0, 0.05) is 31.5 Å². The van der Waals surface area contributed by atoms with Crippen molar-refractivity contribution >= 4 is 11.6 Å². The Morgan fingerprint density at radius 2 is 2.10 bits per heavy atom. The number of carbonyl (C=O) groups is 1. The van der Waals surface area contributed by atoms with Gasteiger partial charge in [-0.25, -0.2) is 13.8 Å². The van der Waals surface area contributed by atoms with Crippen LogP contribution in [0.3, 0.4) is 0 Å². The number of nitrogens with zero attached hydrogens (tertiary/aromatic N) is 3. The van der Waals surface area contributed by atoms with Crippen molar-refractivity contribution in [1.82, 2.24) is 9.55 Å². The van der Waals surface area contributed by atoms with E-state index in [0.29, 0.717) is 24.2 Å². The molecule has 0 saturated carbocycles. The second kappa shape index (κ2) is 4.70. The van der Waals surface area contributed by atoms with E-state index in [1.54, 1.807) is 17.1 Å². The molecule has 1 aliphatic rings. The molecule has 0 atom stereocenters. The molecule has 0 radical (unpaired) electrons. The molecule has 0 saturated heterocycles. The number of rotatable bonds is 2. The van der Waals surface area contributed by atoms with E-state index in [2.05, 4.69) is 4.98 Å². The van der Waals surface area contributed by atoms with Crippen LogP contribution >= 0.6 is 0 Å². The molecule has 1 aliphatic heterocycles. The molecular weight excluding hydrogens is 264 g/mol. The summed E-state index contributed by atoms with van der Waals surface area (Å²) in [7, 11) is 1.81. The van der Waals surface area contributed by atoms with Crippen LogP contribution in [0.1, 0.15) is 11.3 Å². The van der Waals surface area contributed by atoms with Crippen molar-refractivity contribution in [1.29, 1.82) is 0 Å². The van der Waals surface area contributed by atoms with Crippen LogP contribution in [0.25, 0.3) is 0 Å². The lowest BCUT2D eigenvalue weighted by molar-refractivity contribution is -0.118. The Morgan fingerprint density at radius 3 is 2.80 bits per heavy atom. The Kier molecular flexibility index (Phi) is 3.00. The number of aryl methyl sites for hydroxylation is 1. The minimum absolute atomic E-state index is 0.140. The lowest BCUT2D eigenvalue weighted by Crippen LogP contribution is -2.30. The summed E-state index contributed by atoms with van der Waals surface area (Å²) in [4.78, 5) is 17.8. The fourth-order valence-electron chi connectivity index (χ4n) is 2.45. The van der Waals surface area contributed by atoms with Crippen LogP contribution in [0.2, 0.25) is 0 Å². The maximum absolute atomic E-state index is 13.3. The zero-order valence-corrected chi connectivity index (χ0v) is 10.9. The van der Waals surface area contributed by atoms with Crippen LogP contribution < -0.4 is 4.90 Å². The van der Waals surface area contributed by atoms with Crippen molar-refractivity contribution in [3.8, 4) is 0 Å². The molecular formula is C14H13F2N3O. The topological polar surface area (TPSA) is 38.1 Å². The largest absolute Gasteiger partial charge is 0.337 e. The van der Waals surface area contributed by atoms with Crippen LogP contribution in [0.5, 0.6) is 0 Å². The molecule has 0 fully saturated rings. The third-order valence-electron chi connectivity index (χ3n) is 3.57. The van der Waals surface area contributed by atoms with Gasteiger partial charge in [-0.2, -0.15) is 0 Å². The molecule has 1 amide bonds. The molecule has 4 nitrogen and oxygen atoms in total. The predicted molar refractivity (Wildman–Crippen MR) is 69.3 cm³/mol. The summed E-state index contributed by atoms with van der Waals surface area (Å²) in [6.07, 6.45) is 3.98. The summed E-state index contributed by atoms with van der Waals surface area (Å²) in [5.74, 6) is -1.94. The summed E-state index contributed by atoms with van der Waals surface area (Å²) in [6.45, 7) is 0.453. The van der Waals surface area contributed by atoms with Gasteiger partial charge in [0.25, 0.3) is 0 Å². The predicted octanol–water partition coefficient (Wildman–Crippen LogP) is 1.83. The van der Waals surface area contributed by atoms with E-state index in [9.17, 15) is 13.6 Å². The number of amides is 1. The molecule has 0 aliphatic carbocycles. The lowest BCUT2D eigenvalue weighted by atomic mass is 10.1. The van der Waals surface area contributed by atoms with Crippen molar-refractivity contribution in [2.24, 2.45) is 7.05 Å². The molecule has 0 N–H and O–H groups in total. The second-order valence-electron chi connectivity index (χ2n) is 4.86. The molecule has 104 valence electrons. The first kappa shape index (κ1) is 12.8. The van der Waals surface area contributed by atoms with Crippen molar-refractivity contribution < 1.29 is 13.6 Å². The normalized spacial score (nSPS) is 13.7. The van der Waals surface area contributed by atoms with Gasteiger partial charge in [0.05, 0.1) is 18.4 Å². The SMILES string of the molecule is Cn1cncc1CC(=O)N1CCc2cc(F)c(F)cc21. The molecule has 2 heterocycles. The zero-order valence-electron chi connectivity index (χ0n) is 10.9. The quantitative estimate of drug-likeness (QED) is 0.840. The first-order valence-electron chi connectivity index (χ1n) is 6.29. The maximum Gasteiger partial charge on any atom is 0.232 e. The minimum atomic E-state index is -0.927. The highest BCUT2D eigenvalue weighted by Crippen LogP contribution is 2.30. The third-order valence-corrected chi connectivity index (χ3v) is 3.57. The van der Waals surface area contributed by atoms with Crippen molar-refractivity contribution in [3.05, 3.63) is 47.5 Å². The van der Waals surface area contributed by atoms with Crippen molar-refractivity contribution in [3.63, 3.8) is 0 Å². The van der Waals surface area contributed by atoms with Crippen LogP contribution in [0, 0.1) is 11.6 Å². The van der Waals surface area contributed by atoms with Gasteiger partial charge >= 0.3 is 0 Å². The number of imidazole rings is 1. The number of anilines is 1. The van der Waals surface area contributed by atoms with E-state index in [0.717, 1.165) is 11.8 Å². The van der Waals surface area contributed by atoms with E-state index in [1.165, 1.54) is 11.0 Å². The van der Waals surface area contributed by atoms with Gasteiger partial charge in [-0.1, -0.05) is 0 Å². The molecule has 6 heteroatoms. The maximum atomic E-state index is 13.3. The number of hydrogen-bond donors (Lipinski definition) is 0. The number of fused-ring (bicyclic) bond motifs is 1. The number of halogens is 2. The van der Waals surface area contributed by atoms with E-state index in [1.807, 2.05) is 7.05 Å². The highest BCUT2D eigenvalue weighted by molar-refractivity contribution is 5.96. The number of carbonyl (C=O) groups excluding carboxylic acids is 1. The highest BCUT2D eigenvalue weighted by atomic mass is 19.2. The van der Waals surface area contributed by atoms with E-state index in [-0.39, 0.29) is 12.3 Å². The number of aromatic nitrogens is 2. The lowest BCUT2D eigenvalue weighted by Gasteiger charge is -2.17. The molecule has 0 unspecified atom stereocenters. The Labute approximate surface area is 114 Å². The Bertz CT molecular complexity index is 681. The third kappa shape index (κ3) is 2.07. The fourth-order valence-corrected chi connectivity index (χ4v) is 2.45. The number of benzene rings is 1. The summed E-state index contributed by atoms with van der Waals surface area (Å²) in [5.41, 5.74) is 1.92. The first-order chi connectivity index (χ1) is 9.56.